The van der Waals surface area contributed by atoms with Gasteiger partial charge in [0.2, 0.25) is 6.20 Å². The first kappa shape index (κ1) is 14.7. The van der Waals surface area contributed by atoms with Crippen LogP contribution in [0.25, 0.3) is 6.08 Å². The van der Waals surface area contributed by atoms with Gasteiger partial charge in [-0.3, -0.25) is 10.1 Å². The Morgan fingerprint density at radius 1 is 1.50 bits per heavy atom. The van der Waals surface area contributed by atoms with Crippen LogP contribution in [0.15, 0.2) is 17.6 Å². The van der Waals surface area contributed by atoms with Gasteiger partial charge in [-0.15, -0.1) is 0 Å². The number of nitro groups is 1. The predicted molar refractivity (Wildman–Crippen MR) is 76.3 cm³/mol. The molecule has 20 heavy (non-hydrogen) atoms. The summed E-state index contributed by atoms with van der Waals surface area (Å²) >= 11 is -1.28. The third-order valence-corrected chi connectivity index (χ3v) is 3.83. The molecule has 7 nitrogen and oxygen atoms in total. The smallest absolute Gasteiger partial charge is 0.344 e. The minimum atomic E-state index is -1.28. The van der Waals surface area contributed by atoms with Gasteiger partial charge in [-0.2, -0.15) is 9.97 Å². The van der Waals surface area contributed by atoms with E-state index in [0.717, 1.165) is 31.9 Å². The highest BCUT2D eigenvalue weighted by atomic mass is 32.2. The average Bonchev–Trinajstić information content (AvgIpc) is 2.89. The van der Waals surface area contributed by atoms with E-state index in [4.69, 9.17) is 0 Å². The second-order valence-electron chi connectivity index (χ2n) is 4.64. The Kier molecular flexibility index (Phi) is 4.91. The van der Waals surface area contributed by atoms with Crippen molar-refractivity contribution < 1.29 is 9.48 Å². The Balaban J connectivity index is 2.26. The van der Waals surface area contributed by atoms with Crippen LogP contribution in [0.1, 0.15) is 31.2 Å². The summed E-state index contributed by atoms with van der Waals surface area (Å²) in [6.45, 7) is 0. The van der Waals surface area contributed by atoms with Crippen molar-refractivity contribution in [1.82, 2.24) is 9.97 Å². The average molecular weight is 296 g/mol. The van der Waals surface area contributed by atoms with Crippen LogP contribution in [-0.4, -0.2) is 31.7 Å². The fourth-order valence-corrected chi connectivity index (χ4v) is 2.58. The molecule has 8 heteroatoms. The summed E-state index contributed by atoms with van der Waals surface area (Å²) in [7, 11) is 0. The molecule has 0 spiro atoms. The molecule has 1 fully saturated rings. The zero-order chi connectivity index (χ0) is 14.5. The summed E-state index contributed by atoms with van der Waals surface area (Å²) < 4.78 is 11.4. The van der Waals surface area contributed by atoms with Crippen molar-refractivity contribution in [3.8, 4) is 0 Å². The first-order valence-corrected chi connectivity index (χ1v) is 7.91. The maximum Gasteiger partial charge on any atom is 0.344 e. The summed E-state index contributed by atoms with van der Waals surface area (Å²) in [6.07, 6.45) is 9.58. The maximum absolute atomic E-state index is 11.4. The minimum Gasteiger partial charge on any atom is -0.609 e. The molecular weight excluding hydrogens is 280 g/mol. The van der Waals surface area contributed by atoms with Gasteiger partial charge in [-0.25, -0.2) is 0 Å². The van der Waals surface area contributed by atoms with E-state index in [9.17, 15) is 14.7 Å². The lowest BCUT2D eigenvalue weighted by Crippen LogP contribution is -2.18. The highest BCUT2D eigenvalue weighted by molar-refractivity contribution is 7.90. The number of anilines is 1. The molecule has 1 atom stereocenters. The Hall–Kier alpha value is -1.67. The predicted octanol–water partition coefficient (Wildman–Crippen LogP) is 1.82. The fourth-order valence-electron chi connectivity index (χ4n) is 2.16. The van der Waals surface area contributed by atoms with Crippen LogP contribution >= 0.6 is 0 Å². The molecule has 1 aliphatic rings. The number of nitrogens with zero attached hydrogens (tertiary/aromatic N) is 3. The van der Waals surface area contributed by atoms with Crippen LogP contribution in [0.5, 0.6) is 0 Å². The largest absolute Gasteiger partial charge is 0.609 e. The molecule has 0 saturated heterocycles. The zero-order valence-corrected chi connectivity index (χ0v) is 11.9. The number of hydrogen-bond donors (Lipinski definition) is 1. The molecule has 1 aliphatic carbocycles. The normalized spacial score (nSPS) is 17.5. The molecule has 1 heterocycles. The Morgan fingerprint density at radius 3 is 2.80 bits per heavy atom. The second-order valence-corrected chi connectivity index (χ2v) is 5.91. The van der Waals surface area contributed by atoms with Gasteiger partial charge in [-0.05, 0) is 12.8 Å². The molecule has 1 aromatic rings. The van der Waals surface area contributed by atoms with Gasteiger partial charge >= 0.3 is 5.16 Å². The summed E-state index contributed by atoms with van der Waals surface area (Å²) in [6, 6.07) is 0.311. The molecule has 0 aromatic carbocycles. The van der Waals surface area contributed by atoms with E-state index in [1.807, 2.05) is 0 Å². The topological polar surface area (TPSA) is 104 Å². The lowest BCUT2D eigenvalue weighted by molar-refractivity contribution is -0.400. The van der Waals surface area contributed by atoms with Crippen LogP contribution in [0.3, 0.4) is 0 Å². The summed E-state index contributed by atoms with van der Waals surface area (Å²) in [5, 5.41) is 13.9. The quantitative estimate of drug-likeness (QED) is 0.384. The molecule has 0 aliphatic heterocycles. The fraction of sp³-hybridized carbons (Fsp3) is 0.500. The monoisotopic (exact) mass is 296 g/mol. The number of hydrogen-bond acceptors (Lipinski definition) is 6. The van der Waals surface area contributed by atoms with E-state index in [1.165, 1.54) is 18.5 Å². The van der Waals surface area contributed by atoms with Crippen molar-refractivity contribution >= 4 is 23.1 Å². The Labute approximate surface area is 119 Å². The Bertz CT molecular complexity index is 515. The van der Waals surface area contributed by atoms with Crippen molar-refractivity contribution in [1.29, 1.82) is 0 Å². The first-order valence-electron chi connectivity index (χ1n) is 6.35. The number of aromatic nitrogens is 2. The van der Waals surface area contributed by atoms with E-state index in [1.54, 1.807) is 0 Å². The number of nitrogens with one attached hydrogen (secondary N) is 1. The van der Waals surface area contributed by atoms with E-state index in [0.29, 0.717) is 17.4 Å². The molecule has 1 unspecified atom stereocenters. The van der Waals surface area contributed by atoms with Crippen molar-refractivity contribution in [2.75, 3.05) is 11.6 Å². The maximum atomic E-state index is 11.4. The van der Waals surface area contributed by atoms with Crippen LogP contribution in [-0.2, 0) is 11.2 Å². The lowest BCUT2D eigenvalue weighted by atomic mass is 10.2. The van der Waals surface area contributed by atoms with E-state index < -0.39 is 16.1 Å². The molecule has 1 aromatic heterocycles. The van der Waals surface area contributed by atoms with Gasteiger partial charge in [0, 0.05) is 35.1 Å². The first-order chi connectivity index (χ1) is 9.56. The SMILES string of the molecule is C[S+]([O-])c1ncc(C=C[N+](=O)[O-])c(NC2CCCC2)n1. The van der Waals surface area contributed by atoms with Gasteiger partial charge in [0.25, 0.3) is 0 Å². The van der Waals surface area contributed by atoms with Gasteiger partial charge in [0.1, 0.15) is 12.1 Å². The third kappa shape index (κ3) is 3.91. The van der Waals surface area contributed by atoms with Gasteiger partial charge < -0.3 is 9.87 Å². The highest BCUT2D eigenvalue weighted by Gasteiger charge is 2.19. The third-order valence-electron chi connectivity index (χ3n) is 3.12. The molecule has 108 valence electrons. The van der Waals surface area contributed by atoms with Crippen molar-refractivity contribution in [3.63, 3.8) is 0 Å². The Morgan fingerprint density at radius 2 is 2.20 bits per heavy atom. The lowest BCUT2D eigenvalue weighted by Gasteiger charge is -2.14. The summed E-state index contributed by atoms with van der Waals surface area (Å²) in [5.74, 6) is 0.509. The zero-order valence-electron chi connectivity index (χ0n) is 11.1. The number of rotatable bonds is 5. The van der Waals surface area contributed by atoms with Crippen molar-refractivity contribution in [2.24, 2.45) is 0 Å². The van der Waals surface area contributed by atoms with E-state index in [2.05, 4.69) is 15.3 Å². The molecule has 2 rings (SSSR count). The molecule has 0 amide bonds. The molecular formula is C12H16N4O3S. The van der Waals surface area contributed by atoms with Gasteiger partial charge in [-0.1, -0.05) is 12.8 Å². The summed E-state index contributed by atoms with van der Waals surface area (Å²) in [5.41, 5.74) is 0.530. The molecule has 0 bridgehead atoms. The van der Waals surface area contributed by atoms with Crippen LogP contribution < -0.4 is 5.32 Å². The minimum absolute atomic E-state index is 0.226. The van der Waals surface area contributed by atoms with Crippen LogP contribution in [0.4, 0.5) is 5.82 Å². The summed E-state index contributed by atoms with van der Waals surface area (Å²) in [4.78, 5) is 18.1. The van der Waals surface area contributed by atoms with E-state index >= 15 is 0 Å². The van der Waals surface area contributed by atoms with Gasteiger partial charge in [0.15, 0.2) is 0 Å². The standard InChI is InChI=1S/C12H16N4O3S/c1-20(19)12-13-8-9(6-7-16(17)18)11(15-12)14-10-4-2-3-5-10/h6-8,10H,2-5H2,1H3,(H,13,14,15). The van der Waals surface area contributed by atoms with Gasteiger partial charge in [0.05, 0.1) is 4.92 Å². The molecule has 1 N–H and O–H groups in total. The molecule has 0 radical (unpaired) electrons. The van der Waals surface area contributed by atoms with E-state index in [-0.39, 0.29) is 5.16 Å². The van der Waals surface area contributed by atoms with Crippen molar-refractivity contribution in [2.45, 2.75) is 36.9 Å². The van der Waals surface area contributed by atoms with Crippen molar-refractivity contribution in [3.05, 3.63) is 28.1 Å². The van der Waals surface area contributed by atoms with Crippen LogP contribution in [0, 0.1) is 10.1 Å². The second kappa shape index (κ2) is 6.67. The highest BCUT2D eigenvalue weighted by Crippen LogP contribution is 2.24. The van der Waals surface area contributed by atoms with Crippen LogP contribution in [0.2, 0.25) is 0 Å². The molecule has 1 saturated carbocycles.